The van der Waals surface area contributed by atoms with Crippen LogP contribution in [0.1, 0.15) is 13.3 Å². The van der Waals surface area contributed by atoms with Gasteiger partial charge in [-0.2, -0.15) is 5.10 Å². The molecule has 0 heterocycles. The fraction of sp³-hybridized carbons (Fsp3) is 0.167. The van der Waals surface area contributed by atoms with Crippen LogP contribution in [0.3, 0.4) is 0 Å². The third-order valence-corrected chi connectivity index (χ3v) is 4.15. The number of nitrogens with one attached hydrogen (secondary N) is 2. The first-order valence-electron chi connectivity index (χ1n) is 7.88. The molecule has 0 aromatic heterocycles. The molecular formula is C18H15Cl4N3O3. The third kappa shape index (κ3) is 7.56. The Morgan fingerprint density at radius 2 is 1.64 bits per heavy atom. The molecule has 0 aliphatic heterocycles. The van der Waals surface area contributed by atoms with Gasteiger partial charge in [-0.1, -0.05) is 46.4 Å². The van der Waals surface area contributed by atoms with Crippen LogP contribution in [0.4, 0.5) is 5.69 Å². The van der Waals surface area contributed by atoms with Gasteiger partial charge in [0.2, 0.25) is 5.91 Å². The number of amides is 2. The van der Waals surface area contributed by atoms with Gasteiger partial charge in [-0.15, -0.1) is 0 Å². The summed E-state index contributed by atoms with van der Waals surface area (Å²) in [4.78, 5) is 23.8. The van der Waals surface area contributed by atoms with E-state index in [9.17, 15) is 9.59 Å². The first kappa shape index (κ1) is 22.3. The number of hydrogen-bond donors (Lipinski definition) is 2. The first-order valence-corrected chi connectivity index (χ1v) is 9.40. The molecule has 0 spiro atoms. The lowest BCUT2D eigenvalue weighted by atomic mass is 10.2. The minimum absolute atomic E-state index is 0.0335. The summed E-state index contributed by atoms with van der Waals surface area (Å²) in [6.07, 6.45) is -0.0335. The van der Waals surface area contributed by atoms with Gasteiger partial charge in [0.05, 0.1) is 11.4 Å². The summed E-state index contributed by atoms with van der Waals surface area (Å²) in [7, 11) is 0. The molecule has 2 N–H and O–H groups in total. The van der Waals surface area contributed by atoms with Crippen molar-refractivity contribution in [1.29, 1.82) is 0 Å². The Bertz CT molecular complexity index is 899. The van der Waals surface area contributed by atoms with Crippen LogP contribution in [0.2, 0.25) is 20.1 Å². The van der Waals surface area contributed by atoms with Crippen molar-refractivity contribution >= 4 is 69.6 Å². The molecule has 0 aliphatic rings. The Morgan fingerprint density at radius 3 is 2.29 bits per heavy atom. The second-order valence-electron chi connectivity index (χ2n) is 5.63. The van der Waals surface area contributed by atoms with Gasteiger partial charge in [-0.05, 0) is 43.3 Å². The maximum Gasteiger partial charge on any atom is 0.277 e. The number of ether oxygens (including phenoxy) is 1. The molecule has 0 atom stereocenters. The van der Waals surface area contributed by atoms with Crippen molar-refractivity contribution in [2.24, 2.45) is 5.10 Å². The fourth-order valence-electron chi connectivity index (χ4n) is 2.03. The largest absolute Gasteiger partial charge is 0.482 e. The SMILES string of the molecule is CC(CC(=O)Nc1cc(Cl)cc(Cl)c1)=NNC(=O)COc1ccc(Cl)cc1Cl. The summed E-state index contributed by atoms with van der Waals surface area (Å²) in [5, 5.41) is 8.06. The van der Waals surface area contributed by atoms with Crippen LogP contribution in [0.25, 0.3) is 0 Å². The van der Waals surface area contributed by atoms with E-state index < -0.39 is 5.91 Å². The van der Waals surface area contributed by atoms with Crippen LogP contribution < -0.4 is 15.5 Å². The number of rotatable bonds is 7. The Morgan fingerprint density at radius 1 is 0.964 bits per heavy atom. The molecule has 2 amide bonds. The van der Waals surface area contributed by atoms with E-state index in [0.717, 1.165) is 0 Å². The van der Waals surface area contributed by atoms with Gasteiger partial charge in [0.15, 0.2) is 6.61 Å². The van der Waals surface area contributed by atoms with Crippen LogP contribution in [0.15, 0.2) is 41.5 Å². The lowest BCUT2D eigenvalue weighted by molar-refractivity contribution is -0.123. The number of nitrogens with zero attached hydrogens (tertiary/aromatic N) is 1. The molecule has 2 rings (SSSR count). The second-order valence-corrected chi connectivity index (χ2v) is 7.35. The molecule has 0 saturated carbocycles. The van der Waals surface area contributed by atoms with Gasteiger partial charge in [0, 0.05) is 26.5 Å². The van der Waals surface area contributed by atoms with Crippen molar-refractivity contribution < 1.29 is 14.3 Å². The highest BCUT2D eigenvalue weighted by Gasteiger charge is 2.08. The molecular weight excluding hydrogens is 448 g/mol. The Balaban J connectivity index is 1.80. The normalized spacial score (nSPS) is 11.1. The van der Waals surface area contributed by atoms with Gasteiger partial charge in [-0.25, -0.2) is 5.43 Å². The van der Waals surface area contributed by atoms with Crippen molar-refractivity contribution in [2.45, 2.75) is 13.3 Å². The molecule has 0 bridgehead atoms. The summed E-state index contributed by atoms with van der Waals surface area (Å²) >= 11 is 23.5. The molecule has 0 radical (unpaired) electrons. The van der Waals surface area contributed by atoms with Gasteiger partial charge < -0.3 is 10.1 Å². The van der Waals surface area contributed by atoms with E-state index in [-0.39, 0.29) is 24.0 Å². The van der Waals surface area contributed by atoms with E-state index >= 15 is 0 Å². The van der Waals surface area contributed by atoms with Crippen molar-refractivity contribution in [3.8, 4) is 5.75 Å². The molecule has 0 aliphatic carbocycles. The minimum Gasteiger partial charge on any atom is -0.482 e. The number of benzene rings is 2. The first-order chi connectivity index (χ1) is 13.2. The van der Waals surface area contributed by atoms with E-state index in [1.807, 2.05) is 0 Å². The molecule has 0 fully saturated rings. The average molecular weight is 463 g/mol. The van der Waals surface area contributed by atoms with Gasteiger partial charge in [0.1, 0.15) is 5.75 Å². The molecule has 148 valence electrons. The van der Waals surface area contributed by atoms with Crippen molar-refractivity contribution in [1.82, 2.24) is 5.43 Å². The van der Waals surface area contributed by atoms with Gasteiger partial charge in [-0.3, -0.25) is 9.59 Å². The maximum atomic E-state index is 12.0. The summed E-state index contributed by atoms with van der Waals surface area (Å²) in [5.74, 6) is -0.521. The third-order valence-electron chi connectivity index (χ3n) is 3.19. The molecule has 10 heteroatoms. The topological polar surface area (TPSA) is 79.8 Å². The number of hydrazone groups is 1. The molecule has 0 saturated heterocycles. The predicted molar refractivity (Wildman–Crippen MR) is 113 cm³/mol. The van der Waals surface area contributed by atoms with E-state index in [2.05, 4.69) is 15.8 Å². The highest BCUT2D eigenvalue weighted by molar-refractivity contribution is 6.36. The predicted octanol–water partition coefficient (Wildman–Crippen LogP) is 5.20. The van der Waals surface area contributed by atoms with Crippen LogP contribution in [0.5, 0.6) is 5.75 Å². The number of halogens is 4. The van der Waals surface area contributed by atoms with Crippen LogP contribution in [-0.4, -0.2) is 24.1 Å². The molecule has 0 unspecified atom stereocenters. The zero-order valence-corrected chi connectivity index (χ0v) is 17.6. The molecule has 2 aromatic rings. The highest BCUT2D eigenvalue weighted by Crippen LogP contribution is 2.27. The zero-order valence-electron chi connectivity index (χ0n) is 14.6. The zero-order chi connectivity index (χ0) is 20.7. The number of carbonyl (C=O) groups is 2. The van der Waals surface area contributed by atoms with Crippen LogP contribution >= 0.6 is 46.4 Å². The Hall–Kier alpha value is -1.99. The minimum atomic E-state index is -0.507. The maximum absolute atomic E-state index is 12.0. The van der Waals surface area contributed by atoms with Gasteiger partial charge in [0.25, 0.3) is 5.91 Å². The summed E-state index contributed by atoms with van der Waals surface area (Å²) in [6.45, 7) is 1.30. The van der Waals surface area contributed by atoms with Crippen LogP contribution in [-0.2, 0) is 9.59 Å². The number of anilines is 1. The summed E-state index contributed by atoms with van der Waals surface area (Å²) in [5.41, 5.74) is 3.16. The smallest absolute Gasteiger partial charge is 0.277 e. The fourth-order valence-corrected chi connectivity index (χ4v) is 3.02. The van der Waals surface area contributed by atoms with E-state index in [1.165, 1.54) is 6.07 Å². The standard InChI is InChI=1S/C18H15Cl4N3O3/c1-10(4-17(26)23-14-6-12(20)5-13(21)7-14)24-25-18(27)9-28-16-3-2-11(19)8-15(16)22/h2-3,5-8H,4,9H2,1H3,(H,23,26)(H,25,27). The number of hydrogen-bond acceptors (Lipinski definition) is 4. The Labute approximate surface area is 181 Å². The summed E-state index contributed by atoms with van der Waals surface area (Å²) < 4.78 is 5.29. The van der Waals surface area contributed by atoms with E-state index in [4.69, 9.17) is 51.1 Å². The molecule has 2 aromatic carbocycles. The quantitative estimate of drug-likeness (QED) is 0.438. The second kappa shape index (κ2) is 10.5. The van der Waals surface area contributed by atoms with E-state index in [1.54, 1.807) is 37.3 Å². The van der Waals surface area contributed by atoms with Crippen molar-refractivity contribution in [3.63, 3.8) is 0 Å². The lowest BCUT2D eigenvalue weighted by Gasteiger charge is -2.08. The number of carbonyl (C=O) groups excluding carboxylic acids is 2. The highest BCUT2D eigenvalue weighted by atomic mass is 35.5. The summed E-state index contributed by atoms with van der Waals surface area (Å²) in [6, 6.07) is 9.34. The lowest BCUT2D eigenvalue weighted by Crippen LogP contribution is -2.26. The van der Waals surface area contributed by atoms with Crippen molar-refractivity contribution in [3.05, 3.63) is 56.5 Å². The van der Waals surface area contributed by atoms with Crippen molar-refractivity contribution in [2.75, 3.05) is 11.9 Å². The Kier molecular flexibility index (Phi) is 8.38. The average Bonchev–Trinajstić information content (AvgIpc) is 2.58. The molecule has 28 heavy (non-hydrogen) atoms. The van der Waals surface area contributed by atoms with E-state index in [0.29, 0.717) is 32.2 Å². The van der Waals surface area contributed by atoms with Gasteiger partial charge >= 0.3 is 0 Å². The monoisotopic (exact) mass is 461 g/mol. The van der Waals surface area contributed by atoms with Crippen LogP contribution in [0, 0.1) is 0 Å². The molecule has 6 nitrogen and oxygen atoms in total.